The number of carbonyl (C=O) groups excluding carboxylic acids is 2. The highest BCUT2D eigenvalue weighted by atomic mass is 16.5. The molecule has 0 aliphatic carbocycles. The van der Waals surface area contributed by atoms with E-state index >= 15 is 0 Å². The second kappa shape index (κ2) is 7.75. The molecule has 0 radical (unpaired) electrons. The lowest BCUT2D eigenvalue weighted by molar-refractivity contribution is -0.146. The molecule has 3 nitrogen and oxygen atoms in total. The molecule has 0 fully saturated rings. The van der Waals surface area contributed by atoms with Gasteiger partial charge in [-0.2, -0.15) is 0 Å². The van der Waals surface area contributed by atoms with Crippen molar-refractivity contribution in [3.63, 3.8) is 0 Å². The number of hydrogen-bond donors (Lipinski definition) is 0. The molecule has 0 amide bonds. The molecule has 3 heteroatoms. The van der Waals surface area contributed by atoms with Crippen molar-refractivity contribution in [1.82, 2.24) is 0 Å². The van der Waals surface area contributed by atoms with Gasteiger partial charge in [-0.1, -0.05) is 55.5 Å². The van der Waals surface area contributed by atoms with Gasteiger partial charge in [0.05, 0.1) is 6.10 Å². The van der Waals surface area contributed by atoms with Gasteiger partial charge in [0.1, 0.15) is 5.60 Å². The molecule has 2 rings (SSSR count). The number of Topliss-reactive ketones (excluding diaryl/α,β-unsaturated/α-hetero) is 1. The largest absolute Gasteiger partial charge is 0.365 e. The molecular weight excluding hydrogens is 312 g/mol. The van der Waals surface area contributed by atoms with Crippen molar-refractivity contribution in [2.45, 2.75) is 52.2 Å². The highest BCUT2D eigenvalue weighted by Gasteiger charge is 2.34. The van der Waals surface area contributed by atoms with Crippen molar-refractivity contribution in [3.05, 3.63) is 71.3 Å². The van der Waals surface area contributed by atoms with Crippen LogP contribution in [0, 0.1) is 0 Å². The molecule has 25 heavy (non-hydrogen) atoms. The van der Waals surface area contributed by atoms with Gasteiger partial charge in [0.15, 0.2) is 11.6 Å². The zero-order valence-electron chi connectivity index (χ0n) is 15.6. The van der Waals surface area contributed by atoms with Crippen LogP contribution in [0.5, 0.6) is 0 Å². The van der Waals surface area contributed by atoms with Gasteiger partial charge < -0.3 is 4.74 Å². The molecule has 0 spiro atoms. The first-order chi connectivity index (χ1) is 11.7. The van der Waals surface area contributed by atoms with E-state index in [0.29, 0.717) is 11.1 Å². The summed E-state index contributed by atoms with van der Waals surface area (Å²) in [7, 11) is 0. The number of carbonyl (C=O) groups is 2. The Labute approximate surface area is 150 Å². The quantitative estimate of drug-likeness (QED) is 0.682. The molecule has 1 atom stereocenters. The van der Waals surface area contributed by atoms with E-state index in [4.69, 9.17) is 4.74 Å². The SMILES string of the molecule is CC(C)OC(C)(C)C(=O)C(C)c1cccc(C(=O)c2ccccc2)c1. The fourth-order valence-electron chi connectivity index (χ4n) is 3.03. The van der Waals surface area contributed by atoms with Crippen LogP contribution in [0.1, 0.15) is 62.0 Å². The lowest BCUT2D eigenvalue weighted by atomic mass is 9.86. The fourth-order valence-corrected chi connectivity index (χ4v) is 3.03. The summed E-state index contributed by atoms with van der Waals surface area (Å²) >= 11 is 0. The minimum Gasteiger partial charge on any atom is -0.365 e. The van der Waals surface area contributed by atoms with Crippen molar-refractivity contribution in [2.24, 2.45) is 0 Å². The van der Waals surface area contributed by atoms with Crippen molar-refractivity contribution >= 4 is 11.6 Å². The van der Waals surface area contributed by atoms with Crippen LogP contribution in [0.4, 0.5) is 0 Å². The molecule has 2 aromatic rings. The molecular formula is C22H26O3. The summed E-state index contributed by atoms with van der Waals surface area (Å²) in [5.74, 6) is -0.387. The Morgan fingerprint density at radius 2 is 1.48 bits per heavy atom. The maximum atomic E-state index is 12.8. The Bertz CT molecular complexity index is 745. The molecule has 0 N–H and O–H groups in total. The average molecular weight is 338 g/mol. The topological polar surface area (TPSA) is 43.4 Å². The van der Waals surface area contributed by atoms with Crippen LogP contribution in [0.3, 0.4) is 0 Å². The molecule has 132 valence electrons. The van der Waals surface area contributed by atoms with Crippen molar-refractivity contribution in [2.75, 3.05) is 0 Å². The number of benzene rings is 2. The summed E-state index contributed by atoms with van der Waals surface area (Å²) in [6.45, 7) is 9.28. The fraction of sp³-hybridized carbons (Fsp3) is 0.364. The Morgan fingerprint density at radius 3 is 2.08 bits per heavy atom. The van der Waals surface area contributed by atoms with Gasteiger partial charge >= 0.3 is 0 Å². The number of ketones is 2. The number of rotatable bonds is 7. The van der Waals surface area contributed by atoms with Crippen molar-refractivity contribution < 1.29 is 14.3 Å². The Morgan fingerprint density at radius 1 is 0.880 bits per heavy atom. The summed E-state index contributed by atoms with van der Waals surface area (Å²) in [4.78, 5) is 25.5. The lowest BCUT2D eigenvalue weighted by Crippen LogP contribution is -2.40. The standard InChI is InChI=1S/C22H26O3/c1-15(2)25-22(4,5)21(24)16(3)18-12-9-13-19(14-18)20(23)17-10-7-6-8-11-17/h6-16H,1-5H3. The van der Waals surface area contributed by atoms with E-state index < -0.39 is 5.60 Å². The maximum absolute atomic E-state index is 12.8. The zero-order chi connectivity index (χ0) is 18.6. The van der Waals surface area contributed by atoms with Gasteiger partial charge in [-0.05, 0) is 39.3 Å². The van der Waals surface area contributed by atoms with E-state index in [2.05, 4.69) is 0 Å². The van der Waals surface area contributed by atoms with Gasteiger partial charge in [0, 0.05) is 17.0 Å². The summed E-state index contributed by atoms with van der Waals surface area (Å²) in [6.07, 6.45) is -0.0304. The Kier molecular flexibility index (Phi) is 5.91. The van der Waals surface area contributed by atoms with Crippen LogP contribution >= 0.6 is 0 Å². The minimum atomic E-state index is -0.868. The minimum absolute atomic E-state index is 0.00510. The van der Waals surface area contributed by atoms with E-state index in [9.17, 15) is 9.59 Å². The summed E-state index contributed by atoms with van der Waals surface area (Å²) in [5.41, 5.74) is 1.19. The molecule has 2 aromatic carbocycles. The zero-order valence-corrected chi connectivity index (χ0v) is 15.6. The summed E-state index contributed by atoms with van der Waals surface area (Å²) in [6, 6.07) is 16.5. The van der Waals surface area contributed by atoms with Crippen LogP contribution in [0.2, 0.25) is 0 Å². The Hall–Kier alpha value is -2.26. The normalized spacial score (nSPS) is 12.9. The molecule has 0 bridgehead atoms. The molecule has 0 heterocycles. The average Bonchev–Trinajstić information content (AvgIpc) is 2.59. The maximum Gasteiger partial charge on any atom is 0.193 e. The van der Waals surface area contributed by atoms with Gasteiger partial charge in [0.25, 0.3) is 0 Å². The predicted molar refractivity (Wildman–Crippen MR) is 100 cm³/mol. The van der Waals surface area contributed by atoms with Crippen molar-refractivity contribution in [3.8, 4) is 0 Å². The van der Waals surface area contributed by atoms with Gasteiger partial charge in [-0.3, -0.25) is 9.59 Å². The first-order valence-corrected chi connectivity index (χ1v) is 8.64. The second-order valence-electron chi connectivity index (χ2n) is 7.08. The Balaban J connectivity index is 2.26. The number of hydrogen-bond acceptors (Lipinski definition) is 3. The second-order valence-corrected chi connectivity index (χ2v) is 7.08. The summed E-state index contributed by atoms with van der Waals surface area (Å²) in [5, 5.41) is 0. The lowest BCUT2D eigenvalue weighted by Gasteiger charge is -2.29. The third kappa shape index (κ3) is 4.64. The van der Waals surface area contributed by atoms with Crippen LogP contribution in [0.25, 0.3) is 0 Å². The first kappa shape index (κ1) is 19.1. The molecule has 0 aliphatic heterocycles. The van der Waals surface area contributed by atoms with Crippen LogP contribution in [-0.2, 0) is 9.53 Å². The monoisotopic (exact) mass is 338 g/mol. The van der Waals surface area contributed by atoms with E-state index in [1.807, 2.05) is 57.2 Å². The summed E-state index contributed by atoms with van der Waals surface area (Å²) < 4.78 is 5.77. The van der Waals surface area contributed by atoms with Gasteiger partial charge in [-0.15, -0.1) is 0 Å². The highest BCUT2D eigenvalue weighted by molar-refractivity contribution is 6.09. The van der Waals surface area contributed by atoms with Crippen LogP contribution < -0.4 is 0 Å². The molecule has 0 saturated heterocycles. The third-order valence-electron chi connectivity index (χ3n) is 4.20. The first-order valence-electron chi connectivity index (χ1n) is 8.64. The van der Waals surface area contributed by atoms with Crippen molar-refractivity contribution in [1.29, 1.82) is 0 Å². The molecule has 1 unspecified atom stereocenters. The highest BCUT2D eigenvalue weighted by Crippen LogP contribution is 2.26. The van der Waals surface area contributed by atoms with E-state index in [1.165, 1.54) is 0 Å². The van der Waals surface area contributed by atoms with E-state index in [-0.39, 0.29) is 23.6 Å². The van der Waals surface area contributed by atoms with Crippen LogP contribution in [0.15, 0.2) is 54.6 Å². The smallest absolute Gasteiger partial charge is 0.193 e. The van der Waals surface area contributed by atoms with Gasteiger partial charge in [0.2, 0.25) is 0 Å². The van der Waals surface area contributed by atoms with E-state index in [0.717, 1.165) is 5.56 Å². The van der Waals surface area contributed by atoms with E-state index in [1.54, 1.807) is 32.0 Å². The third-order valence-corrected chi connectivity index (χ3v) is 4.20. The predicted octanol–water partition coefficient (Wildman–Crippen LogP) is 4.79. The molecule has 0 aliphatic rings. The molecule has 0 aromatic heterocycles. The van der Waals surface area contributed by atoms with Crippen LogP contribution in [-0.4, -0.2) is 23.3 Å². The molecule has 0 saturated carbocycles. The van der Waals surface area contributed by atoms with Gasteiger partial charge in [-0.25, -0.2) is 0 Å². The number of ether oxygens (including phenoxy) is 1.